The zero-order valence-electron chi connectivity index (χ0n) is 19.1. The van der Waals surface area contributed by atoms with Gasteiger partial charge in [-0.2, -0.15) is 0 Å². The Hall–Kier alpha value is -4.00. The number of hydrogen-bond donors (Lipinski definition) is 1. The van der Waals surface area contributed by atoms with Crippen LogP contribution in [0.25, 0.3) is 0 Å². The molecule has 172 valence electrons. The highest BCUT2D eigenvalue weighted by atomic mass is 16.5. The minimum atomic E-state index is -1.19. The molecule has 0 aliphatic carbocycles. The van der Waals surface area contributed by atoms with Crippen molar-refractivity contribution in [3.05, 3.63) is 83.4 Å². The van der Waals surface area contributed by atoms with Gasteiger partial charge in [0.2, 0.25) is 6.10 Å². The molecule has 1 atom stereocenters. The molecular weight excluding hydrogens is 422 g/mol. The fourth-order valence-electron chi connectivity index (χ4n) is 3.33. The van der Waals surface area contributed by atoms with E-state index in [1.807, 2.05) is 26.0 Å². The largest absolute Gasteiger partial charge is 0.496 e. The Morgan fingerprint density at radius 1 is 0.879 bits per heavy atom. The average Bonchev–Trinajstić information content (AvgIpc) is 2.84. The van der Waals surface area contributed by atoms with Crippen LogP contribution in [-0.4, -0.2) is 32.7 Å². The number of nitrogens with one attached hydrogen (secondary N) is 1. The molecular formula is C26H27NO6. The third-order valence-corrected chi connectivity index (χ3v) is 5.00. The Kier molecular flexibility index (Phi) is 7.91. The fraction of sp³-hybridized carbons (Fsp3) is 0.231. The highest BCUT2D eigenvalue weighted by Gasteiger charge is 2.27. The van der Waals surface area contributed by atoms with Crippen LogP contribution in [0.4, 0.5) is 5.69 Å². The van der Waals surface area contributed by atoms with Crippen molar-refractivity contribution in [2.45, 2.75) is 20.0 Å². The number of carbonyl (C=O) groups excluding carboxylic acids is 2. The Bertz CT molecular complexity index is 1090. The molecule has 1 N–H and O–H groups in total. The molecule has 3 aromatic carbocycles. The Labute approximate surface area is 193 Å². The summed E-state index contributed by atoms with van der Waals surface area (Å²) in [5.74, 6) is 0.293. The van der Waals surface area contributed by atoms with Crippen molar-refractivity contribution in [1.29, 1.82) is 0 Å². The molecule has 0 radical (unpaired) electrons. The van der Waals surface area contributed by atoms with Crippen LogP contribution in [0, 0.1) is 6.92 Å². The molecule has 3 aromatic rings. The number of para-hydroxylation sites is 2. The van der Waals surface area contributed by atoms with Gasteiger partial charge in [-0.05, 0) is 38.1 Å². The SMILES string of the molecule is CCOc1ccccc1NC(=O)C(OC(=O)c1cc(OC)c(C)c(OC)c1)c1ccccc1. The summed E-state index contributed by atoms with van der Waals surface area (Å²) in [6, 6.07) is 19.0. The van der Waals surface area contributed by atoms with Gasteiger partial charge in [-0.1, -0.05) is 42.5 Å². The van der Waals surface area contributed by atoms with Crippen LogP contribution in [0.2, 0.25) is 0 Å². The Morgan fingerprint density at radius 2 is 1.48 bits per heavy atom. The van der Waals surface area contributed by atoms with Crippen LogP contribution < -0.4 is 19.5 Å². The molecule has 3 rings (SSSR count). The third kappa shape index (κ3) is 5.63. The van der Waals surface area contributed by atoms with E-state index in [2.05, 4.69) is 5.32 Å². The zero-order valence-corrected chi connectivity index (χ0v) is 19.1. The molecule has 0 saturated carbocycles. The van der Waals surface area contributed by atoms with E-state index in [1.165, 1.54) is 14.2 Å². The van der Waals surface area contributed by atoms with Crippen molar-refractivity contribution in [2.75, 3.05) is 26.1 Å². The second-order valence-electron chi connectivity index (χ2n) is 7.12. The molecule has 0 saturated heterocycles. The molecule has 33 heavy (non-hydrogen) atoms. The van der Waals surface area contributed by atoms with E-state index in [-0.39, 0.29) is 5.56 Å². The summed E-state index contributed by atoms with van der Waals surface area (Å²) in [5.41, 5.74) is 1.97. The number of benzene rings is 3. The minimum absolute atomic E-state index is 0.206. The van der Waals surface area contributed by atoms with Gasteiger partial charge >= 0.3 is 5.97 Å². The minimum Gasteiger partial charge on any atom is -0.496 e. The number of hydrogen-bond acceptors (Lipinski definition) is 6. The van der Waals surface area contributed by atoms with Crippen LogP contribution in [0.5, 0.6) is 17.2 Å². The quantitative estimate of drug-likeness (QED) is 0.466. The molecule has 1 unspecified atom stereocenters. The predicted molar refractivity (Wildman–Crippen MR) is 125 cm³/mol. The average molecular weight is 450 g/mol. The topological polar surface area (TPSA) is 83.1 Å². The molecule has 0 heterocycles. The van der Waals surface area contributed by atoms with Crippen molar-refractivity contribution >= 4 is 17.6 Å². The summed E-state index contributed by atoms with van der Waals surface area (Å²) in [6.07, 6.45) is -1.19. The van der Waals surface area contributed by atoms with Gasteiger partial charge in [0, 0.05) is 11.1 Å². The summed E-state index contributed by atoms with van der Waals surface area (Å²) in [4.78, 5) is 26.3. The molecule has 7 nitrogen and oxygen atoms in total. The molecule has 0 bridgehead atoms. The first-order chi connectivity index (χ1) is 16.0. The van der Waals surface area contributed by atoms with E-state index in [0.717, 1.165) is 5.56 Å². The van der Waals surface area contributed by atoms with Gasteiger partial charge in [-0.3, -0.25) is 4.79 Å². The maximum Gasteiger partial charge on any atom is 0.339 e. The molecule has 0 aliphatic heterocycles. The molecule has 1 amide bonds. The smallest absolute Gasteiger partial charge is 0.339 e. The Morgan fingerprint density at radius 3 is 2.09 bits per heavy atom. The van der Waals surface area contributed by atoms with Gasteiger partial charge in [0.25, 0.3) is 5.91 Å². The second-order valence-corrected chi connectivity index (χ2v) is 7.12. The third-order valence-electron chi connectivity index (χ3n) is 5.00. The molecule has 0 aromatic heterocycles. The lowest BCUT2D eigenvalue weighted by Crippen LogP contribution is -2.26. The molecule has 0 aliphatic rings. The van der Waals surface area contributed by atoms with Crippen LogP contribution >= 0.6 is 0 Å². The van der Waals surface area contributed by atoms with Gasteiger partial charge in [0.05, 0.1) is 32.1 Å². The van der Waals surface area contributed by atoms with E-state index < -0.39 is 18.0 Å². The number of amides is 1. The molecule has 0 spiro atoms. The normalized spacial score (nSPS) is 11.3. The predicted octanol–water partition coefficient (Wildman–Crippen LogP) is 4.95. The number of ether oxygens (including phenoxy) is 4. The number of anilines is 1. The first-order valence-corrected chi connectivity index (χ1v) is 10.5. The number of rotatable bonds is 9. The maximum absolute atomic E-state index is 13.2. The van der Waals surface area contributed by atoms with Crippen molar-refractivity contribution in [3.63, 3.8) is 0 Å². The van der Waals surface area contributed by atoms with E-state index >= 15 is 0 Å². The lowest BCUT2D eigenvalue weighted by atomic mass is 10.1. The van der Waals surface area contributed by atoms with Crippen LogP contribution in [0.3, 0.4) is 0 Å². The highest BCUT2D eigenvalue weighted by molar-refractivity contribution is 5.99. The molecule has 0 fully saturated rings. The number of methoxy groups -OCH3 is 2. The first-order valence-electron chi connectivity index (χ1n) is 10.5. The summed E-state index contributed by atoms with van der Waals surface area (Å²) >= 11 is 0. The van der Waals surface area contributed by atoms with Gasteiger partial charge in [-0.15, -0.1) is 0 Å². The van der Waals surface area contributed by atoms with E-state index in [9.17, 15) is 9.59 Å². The van der Waals surface area contributed by atoms with Crippen LogP contribution in [0.1, 0.15) is 34.5 Å². The van der Waals surface area contributed by atoms with Crippen LogP contribution in [0.15, 0.2) is 66.7 Å². The van der Waals surface area contributed by atoms with Crippen molar-refractivity contribution in [2.24, 2.45) is 0 Å². The van der Waals surface area contributed by atoms with Gasteiger partial charge in [0.1, 0.15) is 17.2 Å². The van der Waals surface area contributed by atoms with Crippen LogP contribution in [-0.2, 0) is 9.53 Å². The Balaban J connectivity index is 1.91. The first kappa shape index (κ1) is 23.7. The maximum atomic E-state index is 13.2. The fourth-order valence-corrected chi connectivity index (χ4v) is 3.33. The standard InChI is InChI=1S/C26H27NO6/c1-5-32-21-14-10-9-13-20(21)27-25(28)24(18-11-7-6-8-12-18)33-26(29)19-15-22(30-3)17(2)23(16-19)31-4/h6-16,24H,5H2,1-4H3,(H,27,28). The van der Waals surface area contributed by atoms with E-state index in [1.54, 1.807) is 54.6 Å². The van der Waals surface area contributed by atoms with Gasteiger partial charge in [0.15, 0.2) is 0 Å². The summed E-state index contributed by atoms with van der Waals surface area (Å²) in [5, 5.41) is 2.81. The zero-order chi connectivity index (χ0) is 23.8. The lowest BCUT2D eigenvalue weighted by Gasteiger charge is -2.20. The van der Waals surface area contributed by atoms with E-state index in [4.69, 9.17) is 18.9 Å². The van der Waals surface area contributed by atoms with Crippen molar-refractivity contribution in [3.8, 4) is 17.2 Å². The number of carbonyl (C=O) groups is 2. The summed E-state index contributed by atoms with van der Waals surface area (Å²) in [7, 11) is 3.01. The van der Waals surface area contributed by atoms with Gasteiger partial charge < -0.3 is 24.3 Å². The van der Waals surface area contributed by atoms with Crippen molar-refractivity contribution in [1.82, 2.24) is 0 Å². The number of esters is 1. The highest BCUT2D eigenvalue weighted by Crippen LogP contribution is 2.31. The second kappa shape index (κ2) is 11.0. The monoisotopic (exact) mass is 449 g/mol. The van der Waals surface area contributed by atoms with E-state index in [0.29, 0.717) is 35.1 Å². The summed E-state index contributed by atoms with van der Waals surface area (Å²) < 4.78 is 22.0. The van der Waals surface area contributed by atoms with Gasteiger partial charge in [-0.25, -0.2) is 4.79 Å². The molecule has 7 heteroatoms. The summed E-state index contributed by atoms with van der Waals surface area (Å²) in [6.45, 7) is 4.13. The lowest BCUT2D eigenvalue weighted by molar-refractivity contribution is -0.125. The van der Waals surface area contributed by atoms with Crippen molar-refractivity contribution < 1.29 is 28.5 Å².